The molecule has 3 nitrogen and oxygen atoms in total. The monoisotopic (exact) mass is 169 g/mol. The molecule has 0 aromatic carbocycles. The van der Waals surface area contributed by atoms with Gasteiger partial charge in [-0.15, -0.1) is 21.8 Å². The van der Waals surface area contributed by atoms with Crippen molar-refractivity contribution in [2.75, 3.05) is 0 Å². The van der Waals surface area contributed by atoms with Crippen molar-refractivity contribution < 1.29 is 0 Å². The summed E-state index contributed by atoms with van der Waals surface area (Å²) in [4.78, 5) is 0. The lowest BCUT2D eigenvalue weighted by Crippen LogP contribution is -2.01. The third kappa shape index (κ3) is 0.644. The highest BCUT2D eigenvalue weighted by atomic mass is 35.5. The van der Waals surface area contributed by atoms with Crippen LogP contribution in [-0.4, -0.2) is 14.8 Å². The Morgan fingerprint density at radius 3 is 3.27 bits per heavy atom. The molecule has 0 amide bonds. The Balaban J connectivity index is 2.12. The smallest absolute Gasteiger partial charge is 0.147 e. The lowest BCUT2D eigenvalue weighted by Gasteiger charge is -1.99. The fourth-order valence-electron chi connectivity index (χ4n) is 1.92. The van der Waals surface area contributed by atoms with Crippen LogP contribution in [0.15, 0.2) is 0 Å². The number of alkyl halides is 1. The molecule has 0 bridgehead atoms. The van der Waals surface area contributed by atoms with E-state index < -0.39 is 0 Å². The summed E-state index contributed by atoms with van der Waals surface area (Å²) < 4.78 is 2.17. The van der Waals surface area contributed by atoms with Crippen molar-refractivity contribution in [3.63, 3.8) is 0 Å². The normalized spacial score (nSPS) is 31.7. The number of nitrogens with zero attached hydrogens (tertiary/aromatic N) is 3. The van der Waals surface area contributed by atoms with Crippen LogP contribution >= 0.6 is 11.6 Å². The maximum absolute atomic E-state index is 5.69. The van der Waals surface area contributed by atoms with Crippen LogP contribution < -0.4 is 0 Å². The van der Waals surface area contributed by atoms with Crippen LogP contribution in [0.2, 0.25) is 0 Å². The second-order valence-electron chi connectivity index (χ2n) is 3.32. The number of hydrogen-bond acceptors (Lipinski definition) is 2. The predicted molar refractivity (Wildman–Crippen MR) is 40.4 cm³/mol. The van der Waals surface area contributed by atoms with Crippen molar-refractivity contribution >= 4 is 11.6 Å². The van der Waals surface area contributed by atoms with Gasteiger partial charge in [-0.2, -0.15) is 0 Å². The van der Waals surface area contributed by atoms with E-state index >= 15 is 0 Å². The van der Waals surface area contributed by atoms with Crippen LogP contribution in [0.1, 0.15) is 24.0 Å². The predicted octanol–water partition coefficient (Wildman–Crippen LogP) is 1.13. The molecule has 58 valence electrons. The fraction of sp³-hybridized carbons (Fsp3) is 0.714. The number of hydrogen-bond donors (Lipinski definition) is 0. The van der Waals surface area contributed by atoms with Crippen LogP contribution in [0, 0.1) is 5.92 Å². The van der Waals surface area contributed by atoms with Gasteiger partial charge in [0, 0.05) is 12.5 Å². The average molecular weight is 170 g/mol. The van der Waals surface area contributed by atoms with E-state index in [1.165, 1.54) is 12.2 Å². The summed E-state index contributed by atoms with van der Waals surface area (Å²) in [7, 11) is 0. The molecule has 1 aromatic heterocycles. The summed E-state index contributed by atoms with van der Waals surface area (Å²) >= 11 is 5.69. The Hall–Kier alpha value is -0.570. The molecular formula is C7H8ClN3. The number of halogens is 1. The van der Waals surface area contributed by atoms with E-state index in [1.807, 2.05) is 0 Å². The van der Waals surface area contributed by atoms with Crippen molar-refractivity contribution in [1.82, 2.24) is 14.8 Å². The van der Waals surface area contributed by atoms with E-state index in [0.717, 1.165) is 24.2 Å². The molecule has 1 saturated carbocycles. The maximum Gasteiger partial charge on any atom is 0.147 e. The Kier molecular flexibility index (Phi) is 0.969. The molecule has 0 unspecified atom stereocenters. The van der Waals surface area contributed by atoms with Crippen LogP contribution in [-0.2, 0) is 12.4 Å². The minimum absolute atomic E-state index is 0.492. The molecule has 3 rings (SSSR count). The molecule has 11 heavy (non-hydrogen) atoms. The van der Waals surface area contributed by atoms with E-state index in [-0.39, 0.29) is 0 Å². The molecule has 1 aliphatic heterocycles. The number of aromatic nitrogens is 3. The van der Waals surface area contributed by atoms with Gasteiger partial charge in [-0.05, 0) is 12.3 Å². The maximum atomic E-state index is 5.69. The summed E-state index contributed by atoms with van der Waals surface area (Å²) in [5.41, 5.74) is 0. The molecule has 1 aromatic rings. The molecule has 0 saturated heterocycles. The van der Waals surface area contributed by atoms with Gasteiger partial charge in [0.15, 0.2) is 0 Å². The highest BCUT2D eigenvalue weighted by molar-refractivity contribution is 6.16. The third-order valence-electron chi connectivity index (χ3n) is 2.65. The summed E-state index contributed by atoms with van der Waals surface area (Å²) in [5.74, 6) is 4.19. The Bertz CT molecular complexity index is 307. The first-order chi connectivity index (χ1) is 5.40. The Morgan fingerprint density at radius 1 is 1.55 bits per heavy atom. The van der Waals surface area contributed by atoms with Crippen LogP contribution in [0.3, 0.4) is 0 Å². The molecule has 0 N–H and O–H groups in total. The Labute approximate surface area is 69.4 Å². The Morgan fingerprint density at radius 2 is 2.45 bits per heavy atom. The molecule has 1 fully saturated rings. The second kappa shape index (κ2) is 1.78. The van der Waals surface area contributed by atoms with Crippen LogP contribution in [0.4, 0.5) is 0 Å². The van der Waals surface area contributed by atoms with Gasteiger partial charge < -0.3 is 4.57 Å². The quantitative estimate of drug-likeness (QED) is 0.591. The van der Waals surface area contributed by atoms with E-state index in [0.29, 0.717) is 5.88 Å². The molecule has 4 heteroatoms. The highest BCUT2D eigenvalue weighted by Crippen LogP contribution is 2.52. The van der Waals surface area contributed by atoms with E-state index in [9.17, 15) is 0 Å². The van der Waals surface area contributed by atoms with E-state index in [4.69, 9.17) is 11.6 Å². The van der Waals surface area contributed by atoms with E-state index in [1.54, 1.807) is 0 Å². The summed E-state index contributed by atoms with van der Waals surface area (Å²) in [6, 6.07) is 0. The zero-order chi connectivity index (χ0) is 7.42. The summed E-state index contributed by atoms with van der Waals surface area (Å²) in [6.07, 6.45) is 1.32. The summed E-state index contributed by atoms with van der Waals surface area (Å²) in [6.45, 7) is 1.11. The van der Waals surface area contributed by atoms with Crippen molar-refractivity contribution in [1.29, 1.82) is 0 Å². The van der Waals surface area contributed by atoms with Crippen LogP contribution in [0.25, 0.3) is 0 Å². The highest BCUT2D eigenvalue weighted by Gasteiger charge is 2.48. The standard InChI is InChI=1S/C7H8ClN3/c8-2-6-9-10-7-5-1-4(5)3-11(6)7/h4-5H,1-3H2/t4-,5-/m1/s1. The first-order valence-corrected chi connectivity index (χ1v) is 4.41. The lowest BCUT2D eigenvalue weighted by atomic mass is 10.4. The fourth-order valence-corrected chi connectivity index (χ4v) is 2.12. The van der Waals surface area contributed by atoms with Gasteiger partial charge in [0.1, 0.15) is 11.6 Å². The number of rotatable bonds is 1. The topological polar surface area (TPSA) is 30.7 Å². The molecule has 2 aliphatic rings. The zero-order valence-electron chi connectivity index (χ0n) is 6.00. The van der Waals surface area contributed by atoms with Crippen molar-refractivity contribution in [3.05, 3.63) is 11.6 Å². The van der Waals surface area contributed by atoms with Gasteiger partial charge in [-0.25, -0.2) is 0 Å². The van der Waals surface area contributed by atoms with Crippen LogP contribution in [0.5, 0.6) is 0 Å². The summed E-state index contributed by atoms with van der Waals surface area (Å²) in [5, 5.41) is 8.13. The third-order valence-corrected chi connectivity index (χ3v) is 2.89. The van der Waals surface area contributed by atoms with Gasteiger partial charge in [-0.1, -0.05) is 0 Å². The first kappa shape index (κ1) is 6.00. The zero-order valence-corrected chi connectivity index (χ0v) is 6.75. The molecule has 0 radical (unpaired) electrons. The number of fused-ring (bicyclic) bond motifs is 3. The molecule has 2 heterocycles. The van der Waals surface area contributed by atoms with Gasteiger partial charge in [-0.3, -0.25) is 0 Å². The minimum atomic E-state index is 0.492. The van der Waals surface area contributed by atoms with Gasteiger partial charge in [0.05, 0.1) is 5.88 Å². The van der Waals surface area contributed by atoms with Gasteiger partial charge in [0.25, 0.3) is 0 Å². The van der Waals surface area contributed by atoms with Crippen molar-refractivity contribution in [3.8, 4) is 0 Å². The van der Waals surface area contributed by atoms with E-state index in [2.05, 4.69) is 14.8 Å². The molecule has 0 spiro atoms. The first-order valence-electron chi connectivity index (χ1n) is 3.88. The van der Waals surface area contributed by atoms with Crippen molar-refractivity contribution in [2.45, 2.75) is 24.8 Å². The lowest BCUT2D eigenvalue weighted by molar-refractivity contribution is 0.644. The second-order valence-corrected chi connectivity index (χ2v) is 3.59. The van der Waals surface area contributed by atoms with Gasteiger partial charge >= 0.3 is 0 Å². The van der Waals surface area contributed by atoms with Gasteiger partial charge in [0.2, 0.25) is 0 Å². The molecule has 1 aliphatic carbocycles. The SMILES string of the molecule is ClCc1nnc2n1C[C@H]1C[C@@H]21. The minimum Gasteiger partial charge on any atom is -0.313 e. The molecular weight excluding hydrogens is 162 g/mol. The largest absolute Gasteiger partial charge is 0.313 e. The average Bonchev–Trinajstić information content (AvgIpc) is 2.55. The van der Waals surface area contributed by atoms with Crippen molar-refractivity contribution in [2.24, 2.45) is 5.92 Å². The molecule has 2 atom stereocenters.